The van der Waals surface area contributed by atoms with Crippen molar-refractivity contribution >= 4 is 28.9 Å². The molecule has 1 heterocycles. The quantitative estimate of drug-likeness (QED) is 0.706. The molecule has 25 heavy (non-hydrogen) atoms. The molecule has 2 rings (SSSR count). The minimum Gasteiger partial charge on any atom is -0.495 e. The summed E-state index contributed by atoms with van der Waals surface area (Å²) in [6, 6.07) is 5.44. The average Bonchev–Trinajstić information content (AvgIpc) is 2.63. The normalized spacial score (nSPS) is 10.4. The molecule has 0 saturated heterocycles. The molecule has 0 amide bonds. The summed E-state index contributed by atoms with van der Waals surface area (Å²) < 4.78 is 10.7. The molecule has 0 saturated carbocycles. The van der Waals surface area contributed by atoms with E-state index in [1.807, 2.05) is 6.07 Å². The van der Waals surface area contributed by atoms with Gasteiger partial charge in [0.1, 0.15) is 29.5 Å². The standard InChI is InChI=1S/C18H25ClN4O2/c1-5-7-23(8-6-2)18-11-17(20-12-21-18)22-14-10-15(24-3)13(19)9-16(14)25-4/h9-12H,5-8H2,1-4H3,(H,20,21,22). The zero-order chi connectivity index (χ0) is 18.2. The van der Waals surface area contributed by atoms with Gasteiger partial charge in [0, 0.05) is 31.3 Å². The number of halogens is 1. The van der Waals surface area contributed by atoms with Crippen molar-refractivity contribution in [1.29, 1.82) is 0 Å². The zero-order valence-electron chi connectivity index (χ0n) is 15.2. The van der Waals surface area contributed by atoms with Crippen LogP contribution in [-0.2, 0) is 0 Å². The molecule has 1 aromatic heterocycles. The first-order chi connectivity index (χ1) is 12.1. The van der Waals surface area contributed by atoms with Gasteiger partial charge in [-0.15, -0.1) is 0 Å². The highest BCUT2D eigenvalue weighted by Crippen LogP contribution is 2.37. The molecule has 2 aromatic rings. The highest BCUT2D eigenvalue weighted by atomic mass is 35.5. The summed E-state index contributed by atoms with van der Waals surface area (Å²) in [6.07, 6.45) is 3.69. The summed E-state index contributed by atoms with van der Waals surface area (Å²) in [7, 11) is 3.17. The van der Waals surface area contributed by atoms with Gasteiger partial charge < -0.3 is 19.7 Å². The Hall–Kier alpha value is -2.21. The maximum atomic E-state index is 6.15. The largest absolute Gasteiger partial charge is 0.495 e. The van der Waals surface area contributed by atoms with Crippen molar-refractivity contribution < 1.29 is 9.47 Å². The van der Waals surface area contributed by atoms with Gasteiger partial charge in [-0.05, 0) is 12.8 Å². The van der Waals surface area contributed by atoms with E-state index in [0.29, 0.717) is 22.3 Å². The first-order valence-electron chi connectivity index (χ1n) is 8.38. The van der Waals surface area contributed by atoms with Crippen LogP contribution in [0.25, 0.3) is 0 Å². The smallest absolute Gasteiger partial charge is 0.144 e. The fourth-order valence-corrected chi connectivity index (χ4v) is 2.80. The summed E-state index contributed by atoms with van der Waals surface area (Å²) in [5.74, 6) is 2.77. The lowest BCUT2D eigenvalue weighted by Crippen LogP contribution is -2.25. The van der Waals surface area contributed by atoms with Crippen molar-refractivity contribution in [2.24, 2.45) is 0 Å². The summed E-state index contributed by atoms with van der Waals surface area (Å²) in [4.78, 5) is 11.0. The molecular formula is C18H25ClN4O2. The van der Waals surface area contributed by atoms with Crippen molar-refractivity contribution in [2.45, 2.75) is 26.7 Å². The van der Waals surface area contributed by atoms with Crippen molar-refractivity contribution in [3.8, 4) is 11.5 Å². The third-order valence-corrected chi connectivity index (χ3v) is 4.00. The van der Waals surface area contributed by atoms with Gasteiger partial charge in [0.2, 0.25) is 0 Å². The van der Waals surface area contributed by atoms with Gasteiger partial charge in [-0.1, -0.05) is 25.4 Å². The number of rotatable bonds is 9. The first kappa shape index (κ1) is 19.1. The number of hydrogen-bond donors (Lipinski definition) is 1. The van der Waals surface area contributed by atoms with E-state index in [1.165, 1.54) is 0 Å². The molecule has 0 aliphatic heterocycles. The third-order valence-electron chi connectivity index (χ3n) is 3.70. The van der Waals surface area contributed by atoms with Gasteiger partial charge in [-0.25, -0.2) is 9.97 Å². The summed E-state index contributed by atoms with van der Waals surface area (Å²) in [5, 5.41) is 3.75. The number of aromatic nitrogens is 2. The van der Waals surface area contributed by atoms with Gasteiger partial charge in [0.05, 0.1) is 24.9 Å². The van der Waals surface area contributed by atoms with E-state index in [1.54, 1.807) is 32.7 Å². The van der Waals surface area contributed by atoms with Crippen LogP contribution in [-0.4, -0.2) is 37.3 Å². The topological polar surface area (TPSA) is 59.5 Å². The second-order valence-corrected chi connectivity index (χ2v) is 5.97. The van der Waals surface area contributed by atoms with Crippen LogP contribution in [0.5, 0.6) is 11.5 Å². The van der Waals surface area contributed by atoms with Gasteiger partial charge in [0.25, 0.3) is 0 Å². The molecule has 7 heteroatoms. The van der Waals surface area contributed by atoms with Crippen LogP contribution in [0.2, 0.25) is 5.02 Å². The molecule has 0 aliphatic carbocycles. The highest BCUT2D eigenvalue weighted by Gasteiger charge is 2.12. The molecule has 0 unspecified atom stereocenters. The van der Waals surface area contributed by atoms with Gasteiger partial charge in [0.15, 0.2) is 0 Å². The molecule has 136 valence electrons. The molecular weight excluding hydrogens is 340 g/mol. The number of hydrogen-bond acceptors (Lipinski definition) is 6. The lowest BCUT2D eigenvalue weighted by molar-refractivity contribution is 0.405. The van der Waals surface area contributed by atoms with Crippen LogP contribution in [0.1, 0.15) is 26.7 Å². The molecule has 0 bridgehead atoms. The maximum absolute atomic E-state index is 6.15. The fraction of sp³-hybridized carbons (Fsp3) is 0.444. The van der Waals surface area contributed by atoms with E-state index >= 15 is 0 Å². The van der Waals surface area contributed by atoms with Gasteiger partial charge >= 0.3 is 0 Å². The van der Waals surface area contributed by atoms with E-state index in [4.69, 9.17) is 21.1 Å². The highest BCUT2D eigenvalue weighted by molar-refractivity contribution is 6.32. The van der Waals surface area contributed by atoms with Gasteiger partial charge in [-0.2, -0.15) is 0 Å². The minimum atomic E-state index is 0.491. The lowest BCUT2D eigenvalue weighted by Gasteiger charge is -2.22. The fourth-order valence-electron chi connectivity index (χ4n) is 2.57. The van der Waals surface area contributed by atoms with Crippen LogP contribution in [0.15, 0.2) is 24.5 Å². The van der Waals surface area contributed by atoms with Gasteiger partial charge in [-0.3, -0.25) is 0 Å². The Morgan fingerprint density at radius 1 is 1.00 bits per heavy atom. The molecule has 6 nitrogen and oxygen atoms in total. The van der Waals surface area contributed by atoms with E-state index in [0.717, 1.165) is 37.4 Å². The van der Waals surface area contributed by atoms with Crippen molar-refractivity contribution in [1.82, 2.24) is 9.97 Å². The van der Waals surface area contributed by atoms with Crippen LogP contribution >= 0.6 is 11.6 Å². The van der Waals surface area contributed by atoms with Crippen LogP contribution in [0.4, 0.5) is 17.3 Å². The van der Waals surface area contributed by atoms with Crippen molar-refractivity contribution in [2.75, 3.05) is 37.5 Å². The van der Waals surface area contributed by atoms with Crippen LogP contribution < -0.4 is 19.7 Å². The Kier molecular flexibility index (Phi) is 7.13. The van der Waals surface area contributed by atoms with Crippen molar-refractivity contribution in [3.05, 3.63) is 29.5 Å². The predicted molar refractivity (Wildman–Crippen MR) is 103 cm³/mol. The summed E-state index contributed by atoms with van der Waals surface area (Å²) >= 11 is 6.15. The van der Waals surface area contributed by atoms with E-state index < -0.39 is 0 Å². The van der Waals surface area contributed by atoms with E-state index in [9.17, 15) is 0 Å². The second kappa shape index (κ2) is 9.32. The minimum absolute atomic E-state index is 0.491. The molecule has 0 fully saturated rings. The van der Waals surface area contributed by atoms with E-state index in [2.05, 4.69) is 34.0 Å². The molecule has 0 aliphatic rings. The number of ether oxygens (including phenoxy) is 2. The Morgan fingerprint density at radius 3 is 2.28 bits per heavy atom. The Bertz CT molecular complexity index is 691. The predicted octanol–water partition coefficient (Wildman–Crippen LogP) is 4.52. The zero-order valence-corrected chi connectivity index (χ0v) is 15.9. The van der Waals surface area contributed by atoms with Crippen LogP contribution in [0, 0.1) is 0 Å². The Balaban J connectivity index is 2.30. The van der Waals surface area contributed by atoms with E-state index in [-0.39, 0.29) is 0 Å². The second-order valence-electron chi connectivity index (χ2n) is 5.56. The number of methoxy groups -OCH3 is 2. The molecule has 1 aromatic carbocycles. The Morgan fingerprint density at radius 2 is 1.68 bits per heavy atom. The number of benzene rings is 1. The van der Waals surface area contributed by atoms with Crippen LogP contribution in [0.3, 0.4) is 0 Å². The summed E-state index contributed by atoms with van der Waals surface area (Å²) in [6.45, 7) is 6.24. The van der Waals surface area contributed by atoms with Crippen molar-refractivity contribution in [3.63, 3.8) is 0 Å². The molecule has 0 radical (unpaired) electrons. The number of nitrogens with zero attached hydrogens (tertiary/aromatic N) is 3. The average molecular weight is 365 g/mol. The molecule has 0 spiro atoms. The number of nitrogens with one attached hydrogen (secondary N) is 1. The third kappa shape index (κ3) is 4.89. The molecule has 1 N–H and O–H groups in total. The monoisotopic (exact) mass is 364 g/mol. The summed E-state index contributed by atoms with van der Waals surface area (Å²) in [5.41, 5.74) is 0.728. The lowest BCUT2D eigenvalue weighted by atomic mass is 10.2. The number of anilines is 3. The first-order valence-corrected chi connectivity index (χ1v) is 8.76. The Labute approximate surface area is 154 Å². The maximum Gasteiger partial charge on any atom is 0.144 e. The molecule has 0 atom stereocenters. The SMILES string of the molecule is CCCN(CCC)c1cc(Nc2cc(OC)c(Cl)cc2OC)ncn1.